The summed E-state index contributed by atoms with van der Waals surface area (Å²) >= 11 is 0. The van der Waals surface area contributed by atoms with Gasteiger partial charge in [-0.2, -0.15) is 0 Å². The van der Waals surface area contributed by atoms with Gasteiger partial charge in [0.05, 0.1) is 11.0 Å². The minimum atomic E-state index is -3.51. The summed E-state index contributed by atoms with van der Waals surface area (Å²) in [6.07, 6.45) is 1.57. The third-order valence-corrected chi connectivity index (χ3v) is 5.75. The fourth-order valence-corrected chi connectivity index (χ4v) is 3.28. The van der Waals surface area contributed by atoms with Gasteiger partial charge in [-0.15, -0.1) is 0 Å². The fourth-order valence-electron chi connectivity index (χ4n) is 2.38. The van der Waals surface area contributed by atoms with Crippen LogP contribution in [-0.4, -0.2) is 48.9 Å². The van der Waals surface area contributed by atoms with Crippen LogP contribution in [0.5, 0.6) is 0 Å². The van der Waals surface area contributed by atoms with Crippen LogP contribution in [0.1, 0.15) is 28.6 Å². The Morgan fingerprint density at radius 1 is 1.24 bits per heavy atom. The summed E-state index contributed by atoms with van der Waals surface area (Å²) in [5.74, 6) is -0.312. The molecule has 2 N–H and O–H groups in total. The molecule has 7 nitrogen and oxygen atoms in total. The van der Waals surface area contributed by atoms with Gasteiger partial charge in [0, 0.05) is 45.1 Å². The molecule has 0 fully saturated rings. The molecule has 1 atom stereocenters. The first-order valence-electron chi connectivity index (χ1n) is 7.83. The zero-order chi connectivity index (χ0) is 18.6. The predicted octanol–water partition coefficient (Wildman–Crippen LogP) is 1.13. The average Bonchev–Trinajstić information content (AvgIpc) is 3.00. The lowest BCUT2D eigenvalue weighted by Crippen LogP contribution is -2.26. The second kappa shape index (κ2) is 7.81. The molecule has 2 aromatic rings. The maximum absolute atomic E-state index is 12.1. The van der Waals surface area contributed by atoms with Gasteiger partial charge in [-0.25, -0.2) is 12.7 Å². The first-order valence-corrected chi connectivity index (χ1v) is 9.27. The zero-order valence-corrected chi connectivity index (χ0v) is 15.3. The number of hydrogen-bond acceptors (Lipinski definition) is 4. The quantitative estimate of drug-likeness (QED) is 0.769. The number of nitrogens with zero attached hydrogens (tertiary/aromatic N) is 2. The summed E-state index contributed by atoms with van der Waals surface area (Å²) < 4.78 is 26.9. The van der Waals surface area contributed by atoms with Gasteiger partial charge in [0.2, 0.25) is 10.0 Å². The molecule has 136 valence electrons. The van der Waals surface area contributed by atoms with Crippen molar-refractivity contribution in [2.75, 3.05) is 20.6 Å². The van der Waals surface area contributed by atoms with Gasteiger partial charge >= 0.3 is 0 Å². The van der Waals surface area contributed by atoms with E-state index in [1.54, 1.807) is 0 Å². The smallest absolute Gasteiger partial charge is 0.251 e. The lowest BCUT2D eigenvalue weighted by molar-refractivity contribution is 0.0941. The molecule has 0 aliphatic rings. The molecule has 0 aliphatic carbocycles. The maximum Gasteiger partial charge on any atom is 0.251 e. The number of hydrogen-bond donors (Lipinski definition) is 2. The Balaban J connectivity index is 1.92. The van der Waals surface area contributed by atoms with Crippen LogP contribution >= 0.6 is 0 Å². The van der Waals surface area contributed by atoms with Crippen molar-refractivity contribution in [1.82, 2.24) is 14.2 Å². The van der Waals surface area contributed by atoms with Crippen molar-refractivity contribution in [3.63, 3.8) is 0 Å². The normalized spacial score (nSPS) is 13.0. The summed E-state index contributed by atoms with van der Waals surface area (Å²) in [5, 5.41) is 12.8. The molecule has 1 aromatic carbocycles. The first kappa shape index (κ1) is 19.2. The molecule has 1 aromatic heterocycles. The van der Waals surface area contributed by atoms with Crippen LogP contribution in [0.3, 0.4) is 0 Å². The highest BCUT2D eigenvalue weighted by Crippen LogP contribution is 2.16. The molecular weight excluding hydrogens is 342 g/mol. The van der Waals surface area contributed by atoms with Crippen LogP contribution in [0, 0.1) is 0 Å². The molecule has 0 aliphatic heterocycles. The van der Waals surface area contributed by atoms with Gasteiger partial charge in [-0.3, -0.25) is 4.79 Å². The van der Waals surface area contributed by atoms with Crippen LogP contribution in [0.15, 0.2) is 47.5 Å². The molecule has 8 heteroatoms. The standard InChI is InChI=1S/C17H23N3O4S/c1-19(2)25(23,24)14-8-6-13(7-9-14)17(22)18-11-10-16(21)15-5-4-12-20(15)3/h4-9,12,16,21H,10-11H2,1-3H3,(H,18,22)/t16-/m0/s1. The Bertz CT molecular complexity index is 826. The van der Waals surface area contributed by atoms with Gasteiger partial charge in [0.1, 0.15) is 0 Å². The van der Waals surface area contributed by atoms with Crippen molar-refractivity contribution in [2.45, 2.75) is 17.4 Å². The number of nitrogens with one attached hydrogen (secondary N) is 1. The van der Waals surface area contributed by atoms with E-state index < -0.39 is 16.1 Å². The van der Waals surface area contributed by atoms with Crippen LogP contribution in [-0.2, 0) is 17.1 Å². The average molecular weight is 365 g/mol. The number of benzene rings is 1. The van der Waals surface area contributed by atoms with E-state index in [-0.39, 0.29) is 10.8 Å². The van der Waals surface area contributed by atoms with Gasteiger partial charge < -0.3 is 15.0 Å². The number of sulfonamides is 1. The highest BCUT2D eigenvalue weighted by Gasteiger charge is 2.17. The Hall–Kier alpha value is -2.16. The summed E-state index contributed by atoms with van der Waals surface area (Å²) in [6, 6.07) is 9.43. The molecule has 1 heterocycles. The molecule has 0 spiro atoms. The second-order valence-electron chi connectivity index (χ2n) is 5.92. The van der Waals surface area contributed by atoms with Crippen LogP contribution < -0.4 is 5.32 Å². The lowest BCUT2D eigenvalue weighted by Gasteiger charge is -2.13. The summed E-state index contributed by atoms with van der Waals surface area (Å²) in [7, 11) is 1.24. The number of aromatic nitrogens is 1. The molecule has 25 heavy (non-hydrogen) atoms. The van der Waals surface area contributed by atoms with E-state index in [1.807, 2.05) is 29.9 Å². The number of aliphatic hydroxyl groups excluding tert-OH is 1. The van der Waals surface area contributed by atoms with Gasteiger partial charge in [-0.1, -0.05) is 0 Å². The topological polar surface area (TPSA) is 91.6 Å². The number of carbonyl (C=O) groups excluding carboxylic acids is 1. The summed E-state index contributed by atoms with van der Waals surface area (Å²) in [5.41, 5.74) is 1.15. The molecule has 1 amide bonds. The molecular formula is C17H23N3O4S. The third kappa shape index (κ3) is 4.47. The minimum absolute atomic E-state index is 0.133. The predicted molar refractivity (Wildman–Crippen MR) is 94.6 cm³/mol. The molecule has 0 unspecified atom stereocenters. The van der Waals surface area contributed by atoms with E-state index in [9.17, 15) is 18.3 Å². The van der Waals surface area contributed by atoms with Crippen molar-refractivity contribution >= 4 is 15.9 Å². The Labute approximate surface area is 147 Å². The SMILES string of the molecule is CN(C)S(=O)(=O)c1ccc(C(=O)NCC[C@H](O)c2cccn2C)cc1. The number of aliphatic hydroxyl groups is 1. The molecule has 2 rings (SSSR count). The minimum Gasteiger partial charge on any atom is -0.387 e. The van der Waals surface area contributed by atoms with Crippen molar-refractivity contribution in [3.8, 4) is 0 Å². The van der Waals surface area contributed by atoms with Crippen molar-refractivity contribution < 1.29 is 18.3 Å². The van der Waals surface area contributed by atoms with E-state index in [1.165, 1.54) is 38.4 Å². The van der Waals surface area contributed by atoms with E-state index in [2.05, 4.69) is 5.32 Å². The maximum atomic E-state index is 12.1. The number of carbonyl (C=O) groups is 1. The Kier molecular flexibility index (Phi) is 5.99. The number of rotatable bonds is 7. The summed E-state index contributed by atoms with van der Waals surface area (Å²) in [6.45, 7) is 0.308. The van der Waals surface area contributed by atoms with E-state index >= 15 is 0 Å². The molecule has 0 bridgehead atoms. The largest absolute Gasteiger partial charge is 0.387 e. The highest BCUT2D eigenvalue weighted by molar-refractivity contribution is 7.89. The van der Waals surface area contributed by atoms with Gasteiger partial charge in [0.15, 0.2) is 0 Å². The van der Waals surface area contributed by atoms with Crippen molar-refractivity contribution in [3.05, 3.63) is 53.9 Å². The fraction of sp³-hybridized carbons (Fsp3) is 0.353. The number of aryl methyl sites for hydroxylation is 1. The van der Waals surface area contributed by atoms with Crippen molar-refractivity contribution in [2.24, 2.45) is 7.05 Å². The van der Waals surface area contributed by atoms with Gasteiger partial charge in [0.25, 0.3) is 5.91 Å². The Morgan fingerprint density at radius 2 is 1.88 bits per heavy atom. The van der Waals surface area contributed by atoms with E-state index in [0.29, 0.717) is 18.5 Å². The van der Waals surface area contributed by atoms with Crippen LogP contribution in [0.25, 0.3) is 0 Å². The van der Waals surface area contributed by atoms with Crippen LogP contribution in [0.2, 0.25) is 0 Å². The lowest BCUT2D eigenvalue weighted by atomic mass is 10.1. The molecule has 0 radical (unpaired) electrons. The van der Waals surface area contributed by atoms with Crippen LogP contribution in [0.4, 0.5) is 0 Å². The van der Waals surface area contributed by atoms with Crippen molar-refractivity contribution in [1.29, 1.82) is 0 Å². The zero-order valence-electron chi connectivity index (χ0n) is 14.5. The second-order valence-corrected chi connectivity index (χ2v) is 8.07. The highest BCUT2D eigenvalue weighted by atomic mass is 32.2. The monoisotopic (exact) mass is 365 g/mol. The molecule has 0 saturated carbocycles. The molecule has 0 saturated heterocycles. The number of amides is 1. The summed E-state index contributed by atoms with van der Waals surface area (Å²) in [4.78, 5) is 12.2. The van der Waals surface area contributed by atoms with Gasteiger partial charge in [-0.05, 0) is 42.8 Å². The third-order valence-electron chi connectivity index (χ3n) is 3.92. The Morgan fingerprint density at radius 3 is 2.40 bits per heavy atom. The van der Waals surface area contributed by atoms with E-state index in [4.69, 9.17) is 0 Å². The first-order chi connectivity index (χ1) is 11.7. The van der Waals surface area contributed by atoms with E-state index in [0.717, 1.165) is 10.00 Å².